The van der Waals surface area contributed by atoms with Crippen molar-refractivity contribution in [3.63, 3.8) is 0 Å². The van der Waals surface area contributed by atoms with Gasteiger partial charge in [-0.2, -0.15) is 16.8 Å². The fraction of sp³-hybridized carbons (Fsp3) is 0. The quantitative estimate of drug-likeness (QED) is 0.0833. The van der Waals surface area contributed by atoms with Crippen LogP contribution in [0.4, 0.5) is 27.5 Å². The number of anilines is 4. The van der Waals surface area contributed by atoms with Crippen molar-refractivity contribution in [2.24, 2.45) is 0 Å². The zero-order chi connectivity index (χ0) is 39.2. The molecule has 0 atom stereocenters. The number of carbonyl (C=O) groups is 1. The Labute approximate surface area is 307 Å². The Kier molecular flexibility index (Phi) is 9.64. The minimum Gasteiger partial charge on any atom is -0.508 e. The molecular weight excluding hydrogens is 789 g/mol. The summed E-state index contributed by atoms with van der Waals surface area (Å²) in [6.45, 7) is 0. The summed E-state index contributed by atoms with van der Waals surface area (Å²) in [5, 5.41) is 24.8. The van der Waals surface area contributed by atoms with Crippen LogP contribution in [0.2, 0.25) is 0 Å². The van der Waals surface area contributed by atoms with Gasteiger partial charge in [-0.3, -0.25) is 18.5 Å². The maximum atomic E-state index is 13.2. The number of urea groups is 1. The molecule has 54 heavy (non-hydrogen) atoms. The highest BCUT2D eigenvalue weighted by Crippen LogP contribution is 2.35. The molecule has 0 saturated heterocycles. The number of nitrogens with one attached hydrogen (secondary N) is 4. The number of amides is 2. The maximum Gasteiger partial charge on any atom is 0.323 e. The van der Waals surface area contributed by atoms with Crippen LogP contribution in [0.25, 0.3) is 21.5 Å². The number of hydrogen-bond donors (Lipinski definition) is 8. The molecule has 6 rings (SSSR count). The summed E-state index contributed by atoms with van der Waals surface area (Å²) >= 11 is 0. The van der Waals surface area contributed by atoms with Crippen molar-refractivity contribution < 1.29 is 57.8 Å². The van der Waals surface area contributed by atoms with E-state index in [1.54, 1.807) is 0 Å². The molecule has 2 amide bonds. The van der Waals surface area contributed by atoms with Crippen LogP contribution in [-0.2, 0) is 40.3 Å². The number of benzene rings is 6. The van der Waals surface area contributed by atoms with Gasteiger partial charge in [0.1, 0.15) is 21.3 Å². The lowest BCUT2D eigenvalue weighted by molar-refractivity contribution is 0.262. The van der Waals surface area contributed by atoms with Crippen LogP contribution in [0.1, 0.15) is 0 Å². The zero-order valence-electron chi connectivity index (χ0n) is 27.0. The lowest BCUT2D eigenvalue weighted by atomic mass is 10.1. The van der Waals surface area contributed by atoms with Crippen molar-refractivity contribution in [1.82, 2.24) is 0 Å². The first-order chi connectivity index (χ1) is 25.2. The molecular formula is C33H26N4O13S4. The second-order valence-electron chi connectivity index (χ2n) is 11.5. The molecule has 0 aliphatic rings. The van der Waals surface area contributed by atoms with E-state index < -0.39 is 56.1 Å². The lowest BCUT2D eigenvalue weighted by Crippen LogP contribution is -2.20. The molecule has 0 fully saturated rings. The highest BCUT2D eigenvalue weighted by Gasteiger charge is 2.22. The molecule has 0 radical (unpaired) electrons. The fourth-order valence-electron chi connectivity index (χ4n) is 5.38. The summed E-state index contributed by atoms with van der Waals surface area (Å²) in [5.74, 6) is -0.578. The van der Waals surface area contributed by atoms with E-state index in [0.717, 1.165) is 36.4 Å². The largest absolute Gasteiger partial charge is 0.508 e. The Morgan fingerprint density at radius 1 is 0.444 bits per heavy atom. The normalized spacial score (nSPS) is 12.3. The van der Waals surface area contributed by atoms with Gasteiger partial charge in [0.05, 0.1) is 21.2 Å². The van der Waals surface area contributed by atoms with Crippen LogP contribution < -0.4 is 20.1 Å². The van der Waals surface area contributed by atoms with Gasteiger partial charge in [-0.25, -0.2) is 21.6 Å². The molecule has 8 N–H and O–H groups in total. The molecule has 17 nitrogen and oxygen atoms in total. The lowest BCUT2D eigenvalue weighted by Gasteiger charge is -2.14. The molecule has 0 unspecified atom stereocenters. The van der Waals surface area contributed by atoms with Crippen molar-refractivity contribution in [1.29, 1.82) is 0 Å². The van der Waals surface area contributed by atoms with Crippen LogP contribution >= 0.6 is 0 Å². The monoisotopic (exact) mass is 814 g/mol. The van der Waals surface area contributed by atoms with Crippen LogP contribution in [0.3, 0.4) is 0 Å². The first kappa shape index (κ1) is 37.8. The van der Waals surface area contributed by atoms with Gasteiger partial charge in [0.2, 0.25) is 0 Å². The summed E-state index contributed by atoms with van der Waals surface area (Å²) in [6.07, 6.45) is 0. The van der Waals surface area contributed by atoms with Crippen LogP contribution in [0.15, 0.2) is 129 Å². The van der Waals surface area contributed by atoms with E-state index in [1.165, 1.54) is 72.8 Å². The summed E-state index contributed by atoms with van der Waals surface area (Å²) in [6, 6.07) is 20.3. The minimum atomic E-state index is -4.67. The Morgan fingerprint density at radius 2 is 0.796 bits per heavy atom. The molecule has 0 aromatic heterocycles. The van der Waals surface area contributed by atoms with E-state index in [-0.39, 0.29) is 65.6 Å². The summed E-state index contributed by atoms with van der Waals surface area (Å²) in [4.78, 5) is 11.2. The number of hydrogen-bond acceptors (Lipinski definition) is 11. The highest BCUT2D eigenvalue weighted by molar-refractivity contribution is 7.93. The first-order valence-corrected chi connectivity index (χ1v) is 20.9. The molecule has 0 heterocycles. The predicted octanol–water partition coefficient (Wildman–Crippen LogP) is 5.14. The van der Waals surface area contributed by atoms with Gasteiger partial charge < -0.3 is 20.8 Å². The molecule has 6 aromatic carbocycles. The standard InChI is InChI=1S/C33H26N4O13S4/c38-21-5-11-25-27(17-21)29(13-15-31(25)53(45,46)47)36-51(41,42)23-7-1-19(2-8-23)34-33(40)35-20-3-9-24(10-4-20)52(43,44)37-30-14-16-32(54(48,49)50)26-12-6-22(39)18-28(26)30/h1-18,36-39H,(H2,34,35,40)(H,45,46,47)(H,48,49,50). The topological polar surface area (TPSA) is 283 Å². The van der Waals surface area contributed by atoms with E-state index in [2.05, 4.69) is 20.1 Å². The second-order valence-corrected chi connectivity index (χ2v) is 17.6. The smallest absolute Gasteiger partial charge is 0.323 e. The van der Waals surface area contributed by atoms with Crippen molar-refractivity contribution in [3.05, 3.63) is 109 Å². The number of rotatable bonds is 10. The zero-order valence-corrected chi connectivity index (χ0v) is 30.3. The number of phenolic OH excluding ortho intramolecular Hbond substituents is 2. The molecule has 6 aromatic rings. The third-order valence-corrected chi connectivity index (χ3v) is 12.4. The Bertz CT molecular complexity index is 2740. The molecule has 0 saturated carbocycles. The number of aromatic hydroxyl groups is 2. The van der Waals surface area contributed by atoms with Crippen molar-refractivity contribution >= 4 is 90.6 Å². The van der Waals surface area contributed by atoms with E-state index in [0.29, 0.717) is 0 Å². The van der Waals surface area contributed by atoms with Gasteiger partial charge in [-0.1, -0.05) is 0 Å². The maximum absolute atomic E-state index is 13.2. The van der Waals surface area contributed by atoms with Crippen molar-refractivity contribution in [2.75, 3.05) is 20.1 Å². The SMILES string of the molecule is O=C(Nc1ccc(S(=O)(=O)Nc2ccc(S(=O)(=O)O)c3ccc(O)cc23)cc1)Nc1ccc(S(=O)(=O)Nc2ccc(S(=O)(=O)O)c3ccc(O)cc23)cc1. The Morgan fingerprint density at radius 3 is 1.13 bits per heavy atom. The van der Waals surface area contributed by atoms with E-state index >= 15 is 0 Å². The predicted molar refractivity (Wildman–Crippen MR) is 198 cm³/mol. The first-order valence-electron chi connectivity index (χ1n) is 15.0. The Hall–Kier alpha value is -5.97. The van der Waals surface area contributed by atoms with Gasteiger partial charge in [0, 0.05) is 32.9 Å². The van der Waals surface area contributed by atoms with Gasteiger partial charge in [-0.05, 0) is 109 Å². The van der Waals surface area contributed by atoms with Gasteiger partial charge in [-0.15, -0.1) is 0 Å². The number of carbonyl (C=O) groups excluding carboxylic acids is 1. The molecule has 0 spiro atoms. The van der Waals surface area contributed by atoms with Crippen LogP contribution in [-0.4, -0.2) is 59.0 Å². The average molecular weight is 815 g/mol. The number of sulfonamides is 2. The highest BCUT2D eigenvalue weighted by atomic mass is 32.2. The minimum absolute atomic E-state index is 0.00613. The van der Waals surface area contributed by atoms with E-state index in [9.17, 15) is 57.8 Å². The van der Waals surface area contributed by atoms with Gasteiger partial charge >= 0.3 is 6.03 Å². The molecule has 21 heteroatoms. The fourth-order valence-corrected chi connectivity index (χ4v) is 8.93. The van der Waals surface area contributed by atoms with Crippen LogP contribution in [0.5, 0.6) is 11.5 Å². The molecule has 0 bridgehead atoms. The summed E-state index contributed by atoms with van der Waals surface area (Å²) < 4.78 is 124. The molecule has 0 aliphatic heterocycles. The Balaban J connectivity index is 1.12. The third kappa shape index (κ3) is 8.00. The van der Waals surface area contributed by atoms with Crippen molar-refractivity contribution in [2.45, 2.75) is 19.6 Å². The van der Waals surface area contributed by atoms with Gasteiger partial charge in [0.25, 0.3) is 40.3 Å². The van der Waals surface area contributed by atoms with Crippen LogP contribution in [0, 0.1) is 0 Å². The molecule has 0 aliphatic carbocycles. The van der Waals surface area contributed by atoms with E-state index in [4.69, 9.17) is 0 Å². The number of fused-ring (bicyclic) bond motifs is 2. The summed E-state index contributed by atoms with van der Waals surface area (Å²) in [5.41, 5.74) is 0.155. The summed E-state index contributed by atoms with van der Waals surface area (Å²) in [7, 11) is -17.9. The van der Waals surface area contributed by atoms with Crippen molar-refractivity contribution in [3.8, 4) is 11.5 Å². The van der Waals surface area contributed by atoms with Gasteiger partial charge in [0.15, 0.2) is 0 Å². The second kappa shape index (κ2) is 13.8. The third-order valence-electron chi connectivity index (χ3n) is 7.81. The molecule has 280 valence electrons. The average Bonchev–Trinajstić information content (AvgIpc) is 3.08. The number of phenols is 2. The van der Waals surface area contributed by atoms with E-state index in [1.807, 2.05) is 0 Å².